The first-order chi connectivity index (χ1) is 10.1. The smallest absolute Gasteiger partial charge is 0.319 e. The number of hydrogen-bond acceptors (Lipinski definition) is 4. The summed E-state index contributed by atoms with van der Waals surface area (Å²) < 4.78 is 23.6. The van der Waals surface area contributed by atoms with Crippen molar-refractivity contribution in [2.45, 2.75) is 25.8 Å². The Bertz CT molecular complexity index is 779. The zero-order valence-electron chi connectivity index (χ0n) is 12.8. The summed E-state index contributed by atoms with van der Waals surface area (Å²) in [6.45, 7) is 3.61. The molecule has 0 fully saturated rings. The molecule has 1 aromatic carbocycles. The highest BCUT2D eigenvalue weighted by Crippen LogP contribution is 2.24. The molecule has 0 spiro atoms. The minimum absolute atomic E-state index is 0.0428. The Morgan fingerprint density at radius 1 is 1.27 bits per heavy atom. The van der Waals surface area contributed by atoms with Crippen molar-refractivity contribution in [1.29, 1.82) is 0 Å². The van der Waals surface area contributed by atoms with Gasteiger partial charge in [0.1, 0.15) is 9.84 Å². The fourth-order valence-corrected chi connectivity index (χ4v) is 3.67. The fraction of sp³-hybridized carbons (Fsp3) is 0.400. The van der Waals surface area contributed by atoms with Gasteiger partial charge in [-0.1, -0.05) is 0 Å². The molecule has 0 saturated heterocycles. The number of anilines is 1. The molecule has 0 bridgehead atoms. The number of thiophene rings is 1. The Hall–Kier alpha value is -1.60. The quantitative estimate of drug-likeness (QED) is 0.877. The second-order valence-electron chi connectivity index (χ2n) is 6.02. The van der Waals surface area contributed by atoms with Crippen molar-refractivity contribution in [3.8, 4) is 0 Å². The fourth-order valence-electron chi connectivity index (χ4n) is 2.02. The molecule has 120 valence electrons. The van der Waals surface area contributed by atoms with Crippen molar-refractivity contribution < 1.29 is 13.2 Å². The Balaban J connectivity index is 1.96. The van der Waals surface area contributed by atoms with Crippen molar-refractivity contribution in [3.05, 3.63) is 29.6 Å². The minimum atomic E-state index is -3.04. The lowest BCUT2D eigenvalue weighted by Crippen LogP contribution is -2.46. The molecule has 0 radical (unpaired) electrons. The van der Waals surface area contributed by atoms with Gasteiger partial charge in [0.15, 0.2) is 0 Å². The van der Waals surface area contributed by atoms with E-state index in [1.807, 2.05) is 29.6 Å². The van der Waals surface area contributed by atoms with Gasteiger partial charge in [-0.25, -0.2) is 13.2 Å². The third-order valence-electron chi connectivity index (χ3n) is 3.26. The van der Waals surface area contributed by atoms with Crippen LogP contribution in [0.1, 0.15) is 20.3 Å². The molecule has 1 heterocycles. The zero-order valence-corrected chi connectivity index (χ0v) is 14.5. The monoisotopic (exact) mass is 340 g/mol. The molecular formula is C15H20N2O3S2. The molecule has 0 saturated carbocycles. The van der Waals surface area contributed by atoms with Crippen molar-refractivity contribution in [1.82, 2.24) is 5.32 Å². The van der Waals surface area contributed by atoms with E-state index >= 15 is 0 Å². The molecule has 0 aliphatic carbocycles. The summed E-state index contributed by atoms with van der Waals surface area (Å²) in [4.78, 5) is 12.1. The van der Waals surface area contributed by atoms with E-state index < -0.39 is 15.4 Å². The Kier molecular flexibility index (Phi) is 4.77. The molecule has 0 aliphatic rings. The van der Waals surface area contributed by atoms with Crippen LogP contribution in [0.5, 0.6) is 0 Å². The van der Waals surface area contributed by atoms with Crippen LogP contribution in [0, 0.1) is 0 Å². The maximum Gasteiger partial charge on any atom is 0.319 e. The Morgan fingerprint density at radius 3 is 2.68 bits per heavy atom. The van der Waals surface area contributed by atoms with Gasteiger partial charge in [-0.05, 0) is 55.3 Å². The number of nitrogens with one attached hydrogen (secondary N) is 2. The van der Waals surface area contributed by atoms with Gasteiger partial charge in [-0.15, -0.1) is 11.3 Å². The Morgan fingerprint density at radius 2 is 2.00 bits per heavy atom. The highest BCUT2D eigenvalue weighted by molar-refractivity contribution is 7.90. The van der Waals surface area contributed by atoms with Crippen LogP contribution in [0.15, 0.2) is 29.6 Å². The van der Waals surface area contributed by atoms with Crippen LogP contribution >= 0.6 is 11.3 Å². The molecule has 0 atom stereocenters. The number of urea groups is 1. The van der Waals surface area contributed by atoms with Crippen molar-refractivity contribution in [3.63, 3.8) is 0 Å². The molecular weight excluding hydrogens is 320 g/mol. The number of sulfone groups is 1. The number of carbonyl (C=O) groups excluding carboxylic acids is 1. The third kappa shape index (κ3) is 4.99. The standard InChI is InChI=1S/C15H20N2O3S2/c1-15(2,7-9-22(3,19)20)17-14(18)16-12-4-5-13-11(10-12)6-8-21-13/h4-6,8,10H,7,9H2,1-3H3,(H2,16,17,18). The molecule has 2 N–H and O–H groups in total. The average Bonchev–Trinajstić information content (AvgIpc) is 2.82. The van der Waals surface area contributed by atoms with Gasteiger partial charge < -0.3 is 10.6 Å². The third-order valence-corrected chi connectivity index (χ3v) is 5.10. The van der Waals surface area contributed by atoms with Gasteiger partial charge in [-0.2, -0.15) is 0 Å². The predicted octanol–water partition coefficient (Wildman–Crippen LogP) is 3.24. The average molecular weight is 340 g/mol. The van der Waals surface area contributed by atoms with Gasteiger partial charge in [0, 0.05) is 22.2 Å². The lowest BCUT2D eigenvalue weighted by molar-refractivity contribution is 0.240. The van der Waals surface area contributed by atoms with E-state index in [1.54, 1.807) is 25.2 Å². The molecule has 0 unspecified atom stereocenters. The normalized spacial score (nSPS) is 12.3. The number of amides is 2. The van der Waals surface area contributed by atoms with Crippen molar-refractivity contribution in [2.24, 2.45) is 0 Å². The summed E-state index contributed by atoms with van der Waals surface area (Å²) in [6, 6.07) is 7.38. The van der Waals surface area contributed by atoms with E-state index in [-0.39, 0.29) is 11.8 Å². The largest absolute Gasteiger partial charge is 0.333 e. The summed E-state index contributed by atoms with van der Waals surface area (Å²) in [6.07, 6.45) is 1.56. The second-order valence-corrected chi connectivity index (χ2v) is 9.22. The Labute approximate surface area is 134 Å². The molecule has 2 aromatic rings. The van der Waals surface area contributed by atoms with Gasteiger partial charge in [-0.3, -0.25) is 0 Å². The molecule has 0 aliphatic heterocycles. The van der Waals surface area contributed by atoms with Crippen LogP contribution in [-0.4, -0.2) is 32.0 Å². The molecule has 22 heavy (non-hydrogen) atoms. The number of rotatable bonds is 5. The second kappa shape index (κ2) is 6.26. The number of hydrogen-bond donors (Lipinski definition) is 2. The van der Waals surface area contributed by atoms with Crippen LogP contribution in [0.4, 0.5) is 10.5 Å². The van der Waals surface area contributed by atoms with E-state index in [1.165, 1.54) is 11.0 Å². The van der Waals surface area contributed by atoms with Crippen LogP contribution in [0.3, 0.4) is 0 Å². The summed E-state index contributed by atoms with van der Waals surface area (Å²) in [5.41, 5.74) is 0.113. The first kappa shape index (κ1) is 16.8. The van der Waals surface area contributed by atoms with Gasteiger partial charge >= 0.3 is 6.03 Å². The molecule has 7 heteroatoms. The maximum absolute atomic E-state index is 12.1. The van der Waals surface area contributed by atoms with Crippen molar-refractivity contribution in [2.75, 3.05) is 17.3 Å². The lowest BCUT2D eigenvalue weighted by Gasteiger charge is -2.26. The van der Waals surface area contributed by atoms with E-state index in [0.29, 0.717) is 12.1 Å². The molecule has 2 amide bonds. The van der Waals surface area contributed by atoms with Crippen molar-refractivity contribution >= 4 is 43.0 Å². The first-order valence-electron chi connectivity index (χ1n) is 6.89. The van der Waals surface area contributed by atoms with Crippen LogP contribution in [-0.2, 0) is 9.84 Å². The van der Waals surface area contributed by atoms with E-state index in [2.05, 4.69) is 10.6 Å². The summed E-state index contributed by atoms with van der Waals surface area (Å²) in [7, 11) is -3.04. The van der Waals surface area contributed by atoms with Gasteiger partial charge in [0.2, 0.25) is 0 Å². The van der Waals surface area contributed by atoms with Crippen LogP contribution in [0.25, 0.3) is 10.1 Å². The van der Waals surface area contributed by atoms with E-state index in [9.17, 15) is 13.2 Å². The highest BCUT2D eigenvalue weighted by Gasteiger charge is 2.22. The number of fused-ring (bicyclic) bond motifs is 1. The predicted molar refractivity (Wildman–Crippen MR) is 92.4 cm³/mol. The summed E-state index contributed by atoms with van der Waals surface area (Å²) in [5, 5.41) is 8.67. The topological polar surface area (TPSA) is 75.3 Å². The van der Waals surface area contributed by atoms with E-state index in [0.717, 1.165) is 5.39 Å². The SMILES string of the molecule is CC(C)(CCS(C)(=O)=O)NC(=O)Nc1ccc2sccc2c1. The number of carbonyl (C=O) groups is 1. The number of benzene rings is 1. The molecule has 1 aromatic heterocycles. The first-order valence-corrected chi connectivity index (χ1v) is 9.83. The highest BCUT2D eigenvalue weighted by atomic mass is 32.2. The molecule has 2 rings (SSSR count). The van der Waals surface area contributed by atoms with Gasteiger partial charge in [0.05, 0.1) is 5.75 Å². The molecule has 5 nitrogen and oxygen atoms in total. The maximum atomic E-state index is 12.1. The van der Waals surface area contributed by atoms with E-state index in [4.69, 9.17) is 0 Å². The summed E-state index contributed by atoms with van der Waals surface area (Å²) in [5.74, 6) is 0.0428. The van der Waals surface area contributed by atoms with Crippen LogP contribution < -0.4 is 10.6 Å². The zero-order chi connectivity index (χ0) is 16.4. The minimum Gasteiger partial charge on any atom is -0.333 e. The lowest BCUT2D eigenvalue weighted by atomic mass is 10.0. The summed E-state index contributed by atoms with van der Waals surface area (Å²) >= 11 is 1.65. The van der Waals surface area contributed by atoms with Crippen LogP contribution in [0.2, 0.25) is 0 Å². The van der Waals surface area contributed by atoms with Gasteiger partial charge in [0.25, 0.3) is 0 Å².